The van der Waals surface area contributed by atoms with Crippen LogP contribution in [0.1, 0.15) is 70.8 Å². The highest BCUT2D eigenvalue weighted by molar-refractivity contribution is 5.76. The van der Waals surface area contributed by atoms with E-state index in [0.717, 1.165) is 38.5 Å². The molecule has 0 spiro atoms. The van der Waals surface area contributed by atoms with Gasteiger partial charge in [0.25, 0.3) is 0 Å². The van der Waals surface area contributed by atoms with E-state index in [1.807, 2.05) is 12.3 Å². The number of allylic oxidation sites excluding steroid dienone is 1. The summed E-state index contributed by atoms with van der Waals surface area (Å²) in [6, 6.07) is 2.03. The molecule has 29 heavy (non-hydrogen) atoms. The Morgan fingerprint density at radius 1 is 1.31 bits per heavy atom. The van der Waals surface area contributed by atoms with Crippen LogP contribution in [0.5, 0.6) is 0 Å². The molecule has 0 amide bonds. The van der Waals surface area contributed by atoms with Crippen LogP contribution in [0.3, 0.4) is 0 Å². The van der Waals surface area contributed by atoms with Crippen LogP contribution in [0.4, 0.5) is 0 Å². The third-order valence-electron chi connectivity index (χ3n) is 7.55. The Morgan fingerprint density at radius 3 is 2.79 bits per heavy atom. The van der Waals surface area contributed by atoms with Crippen LogP contribution in [0, 0.1) is 22.7 Å². The fraction of sp³-hybridized carbons (Fsp3) is 0.667. The number of carboxylic acids is 1. The van der Waals surface area contributed by atoms with Gasteiger partial charge in [0.2, 0.25) is 0 Å². The monoisotopic (exact) mass is 402 g/mol. The summed E-state index contributed by atoms with van der Waals surface area (Å²) in [5.41, 5.74) is 2.67. The van der Waals surface area contributed by atoms with Crippen molar-refractivity contribution in [3.8, 4) is 0 Å². The largest absolute Gasteiger partial charge is 0.481 e. The third-order valence-corrected chi connectivity index (χ3v) is 7.55. The number of aryl methyl sites for hydroxylation is 1. The normalized spacial score (nSPS) is 31.9. The third kappa shape index (κ3) is 4.76. The number of ether oxygens (including phenoxy) is 1. The molecule has 1 aromatic heterocycles. The molecule has 3 rings (SSSR count). The molecule has 2 fully saturated rings. The Morgan fingerprint density at radius 2 is 2.10 bits per heavy atom. The Balaban J connectivity index is 1.69. The van der Waals surface area contributed by atoms with Crippen molar-refractivity contribution in [2.75, 3.05) is 6.61 Å². The number of esters is 1. The zero-order valence-corrected chi connectivity index (χ0v) is 17.7. The molecule has 1 heterocycles. The summed E-state index contributed by atoms with van der Waals surface area (Å²) in [5, 5.41) is 8.77. The number of hydrogen-bond donors (Lipinski definition) is 1. The van der Waals surface area contributed by atoms with E-state index < -0.39 is 11.9 Å². The zero-order chi connectivity index (χ0) is 21.1. The SMILES string of the molecule is C=C1CC[C@@H]2[C@](C)(COC(=O)CCC(=O)O)CCC[C@@]2(C)[C@@H]1CCc1ccoc1. The van der Waals surface area contributed by atoms with Gasteiger partial charge in [-0.15, -0.1) is 0 Å². The van der Waals surface area contributed by atoms with E-state index in [0.29, 0.717) is 18.4 Å². The predicted octanol–water partition coefficient (Wildman–Crippen LogP) is 5.40. The summed E-state index contributed by atoms with van der Waals surface area (Å²) in [6.07, 6.45) is 10.8. The van der Waals surface area contributed by atoms with Gasteiger partial charge in [0.1, 0.15) is 0 Å². The van der Waals surface area contributed by atoms with Gasteiger partial charge in [-0.1, -0.05) is 32.4 Å². The number of carbonyl (C=O) groups excluding carboxylic acids is 1. The number of rotatable bonds is 8. The second-order valence-corrected chi connectivity index (χ2v) is 9.54. The van der Waals surface area contributed by atoms with E-state index in [2.05, 4.69) is 20.4 Å². The molecular weight excluding hydrogens is 368 g/mol. The molecule has 5 heteroatoms. The molecule has 0 unspecified atom stereocenters. The van der Waals surface area contributed by atoms with E-state index in [4.69, 9.17) is 14.3 Å². The minimum absolute atomic E-state index is 0.0581. The smallest absolute Gasteiger partial charge is 0.306 e. The number of fused-ring (bicyclic) bond motifs is 1. The summed E-state index contributed by atoms with van der Waals surface area (Å²) in [4.78, 5) is 22.7. The Kier molecular flexibility index (Phi) is 6.55. The standard InChI is InChI=1S/C24H34O5/c1-17-5-8-20-23(2,16-29-22(27)10-9-21(25)26)12-4-13-24(20,3)19(17)7-6-18-11-14-28-15-18/h11,14-15,19-20H,1,4-10,12-13,16H2,2-3H3,(H,25,26)/t19-,20-,23+,24+/m1/s1. The highest BCUT2D eigenvalue weighted by atomic mass is 16.5. The molecule has 1 aromatic rings. The predicted molar refractivity (Wildman–Crippen MR) is 110 cm³/mol. The minimum Gasteiger partial charge on any atom is -0.481 e. The van der Waals surface area contributed by atoms with Crippen LogP contribution in [0.2, 0.25) is 0 Å². The van der Waals surface area contributed by atoms with E-state index in [-0.39, 0.29) is 23.7 Å². The molecule has 5 nitrogen and oxygen atoms in total. The topological polar surface area (TPSA) is 76.7 Å². The molecule has 2 aliphatic rings. The maximum atomic E-state index is 12.0. The minimum atomic E-state index is -0.968. The molecule has 0 aromatic carbocycles. The first-order chi connectivity index (χ1) is 13.7. The number of furan rings is 1. The number of aliphatic carboxylic acids is 1. The van der Waals surface area contributed by atoms with Crippen molar-refractivity contribution in [3.63, 3.8) is 0 Å². The lowest BCUT2D eigenvalue weighted by Crippen LogP contribution is -2.52. The summed E-state index contributed by atoms with van der Waals surface area (Å²) in [5.74, 6) is -0.448. The van der Waals surface area contributed by atoms with Crippen LogP contribution >= 0.6 is 0 Å². The Bertz CT molecular complexity index is 736. The fourth-order valence-corrected chi connectivity index (χ4v) is 6.06. The van der Waals surface area contributed by atoms with Crippen LogP contribution < -0.4 is 0 Å². The lowest BCUT2D eigenvalue weighted by Gasteiger charge is -2.58. The average molecular weight is 403 g/mol. The van der Waals surface area contributed by atoms with Crippen molar-refractivity contribution in [2.24, 2.45) is 22.7 Å². The number of carboxylic acid groups (broad SMARTS) is 1. The van der Waals surface area contributed by atoms with Crippen LogP contribution in [-0.4, -0.2) is 23.7 Å². The van der Waals surface area contributed by atoms with E-state index >= 15 is 0 Å². The van der Waals surface area contributed by atoms with Crippen molar-refractivity contribution in [1.29, 1.82) is 0 Å². The van der Waals surface area contributed by atoms with Gasteiger partial charge in [0.05, 0.1) is 32.0 Å². The van der Waals surface area contributed by atoms with Gasteiger partial charge >= 0.3 is 11.9 Å². The van der Waals surface area contributed by atoms with Crippen LogP contribution in [0.25, 0.3) is 0 Å². The molecule has 2 aliphatic carbocycles. The summed E-state index contributed by atoms with van der Waals surface area (Å²) < 4.78 is 10.8. The Hall–Kier alpha value is -2.04. The maximum absolute atomic E-state index is 12.0. The molecule has 0 radical (unpaired) electrons. The molecular formula is C24H34O5. The summed E-state index contributed by atoms with van der Waals surface area (Å²) in [6.45, 7) is 9.47. The van der Waals surface area contributed by atoms with E-state index in [1.54, 1.807) is 6.26 Å². The van der Waals surface area contributed by atoms with Gasteiger partial charge in [-0.05, 0) is 67.4 Å². The van der Waals surface area contributed by atoms with Crippen molar-refractivity contribution in [2.45, 2.75) is 71.6 Å². The van der Waals surface area contributed by atoms with Crippen molar-refractivity contribution in [1.82, 2.24) is 0 Å². The van der Waals surface area contributed by atoms with Gasteiger partial charge in [0, 0.05) is 5.41 Å². The molecule has 1 N–H and O–H groups in total. The Labute approximate surface area is 173 Å². The molecule has 4 atom stereocenters. The average Bonchev–Trinajstić information content (AvgIpc) is 3.17. The molecule has 160 valence electrons. The lowest BCUT2D eigenvalue weighted by atomic mass is 9.47. The number of carbonyl (C=O) groups is 2. The van der Waals surface area contributed by atoms with Crippen LogP contribution in [0.15, 0.2) is 35.2 Å². The highest BCUT2D eigenvalue weighted by Crippen LogP contribution is 2.61. The summed E-state index contributed by atoms with van der Waals surface area (Å²) >= 11 is 0. The second-order valence-electron chi connectivity index (χ2n) is 9.54. The molecule has 2 saturated carbocycles. The molecule has 0 aliphatic heterocycles. The first-order valence-electron chi connectivity index (χ1n) is 10.8. The fourth-order valence-electron chi connectivity index (χ4n) is 6.06. The van der Waals surface area contributed by atoms with Crippen LogP contribution in [-0.2, 0) is 20.7 Å². The maximum Gasteiger partial charge on any atom is 0.306 e. The number of hydrogen-bond acceptors (Lipinski definition) is 4. The van der Waals surface area contributed by atoms with Crippen molar-refractivity contribution >= 4 is 11.9 Å². The zero-order valence-electron chi connectivity index (χ0n) is 17.7. The van der Waals surface area contributed by atoms with E-state index in [1.165, 1.54) is 17.6 Å². The summed E-state index contributed by atoms with van der Waals surface area (Å²) in [7, 11) is 0. The van der Waals surface area contributed by atoms with Gasteiger partial charge in [-0.3, -0.25) is 9.59 Å². The first kappa shape index (κ1) is 21.7. The van der Waals surface area contributed by atoms with E-state index in [9.17, 15) is 9.59 Å². The molecule has 0 saturated heterocycles. The quantitative estimate of drug-likeness (QED) is 0.465. The second kappa shape index (κ2) is 8.76. The van der Waals surface area contributed by atoms with Gasteiger partial charge < -0.3 is 14.3 Å². The molecule has 0 bridgehead atoms. The van der Waals surface area contributed by atoms with Gasteiger partial charge in [-0.25, -0.2) is 0 Å². The van der Waals surface area contributed by atoms with Gasteiger partial charge in [0.15, 0.2) is 0 Å². The highest BCUT2D eigenvalue weighted by Gasteiger charge is 2.54. The van der Waals surface area contributed by atoms with Crippen molar-refractivity contribution < 1.29 is 23.8 Å². The van der Waals surface area contributed by atoms with Gasteiger partial charge in [-0.2, -0.15) is 0 Å². The van der Waals surface area contributed by atoms with Crippen molar-refractivity contribution in [3.05, 3.63) is 36.3 Å². The lowest BCUT2D eigenvalue weighted by molar-refractivity contribution is -0.157. The first-order valence-corrected chi connectivity index (χ1v) is 10.8.